The molecule has 0 unspecified atom stereocenters. The van der Waals surface area contributed by atoms with E-state index in [0.29, 0.717) is 11.3 Å². The van der Waals surface area contributed by atoms with Crippen LogP contribution >= 0.6 is 11.8 Å². The highest BCUT2D eigenvalue weighted by Crippen LogP contribution is 2.19. The summed E-state index contributed by atoms with van der Waals surface area (Å²) >= 11 is 1.58. The Kier molecular flexibility index (Phi) is 4.66. The standard InChI is InChI=1S/C14H14N2O3S2/c1-20-12-4-2-3-11(9-12)16-14(17)10-5-7-13(8-6-10)21(15,18)19/h2-9H,1H3,(H,16,17)(H2,15,18,19). The van der Waals surface area contributed by atoms with Crippen molar-refractivity contribution in [2.75, 3.05) is 11.6 Å². The van der Waals surface area contributed by atoms with Crippen molar-refractivity contribution in [1.82, 2.24) is 0 Å². The molecule has 21 heavy (non-hydrogen) atoms. The van der Waals surface area contributed by atoms with Crippen molar-refractivity contribution < 1.29 is 13.2 Å². The van der Waals surface area contributed by atoms with Gasteiger partial charge in [0.1, 0.15) is 0 Å². The first-order valence-corrected chi connectivity index (χ1v) is 8.75. The number of sulfonamides is 1. The molecule has 0 aromatic heterocycles. The van der Waals surface area contributed by atoms with E-state index in [0.717, 1.165) is 4.90 Å². The summed E-state index contributed by atoms with van der Waals surface area (Å²) in [6.07, 6.45) is 1.95. The van der Waals surface area contributed by atoms with Crippen LogP contribution in [0.5, 0.6) is 0 Å². The summed E-state index contributed by atoms with van der Waals surface area (Å²) in [5.41, 5.74) is 1.04. The summed E-state index contributed by atoms with van der Waals surface area (Å²) in [4.78, 5) is 13.1. The summed E-state index contributed by atoms with van der Waals surface area (Å²) in [6, 6.07) is 12.9. The number of nitrogens with two attached hydrogens (primary N) is 1. The maximum atomic E-state index is 12.1. The average Bonchev–Trinajstić information content (AvgIpc) is 2.46. The lowest BCUT2D eigenvalue weighted by Crippen LogP contribution is -2.14. The van der Waals surface area contributed by atoms with Crippen molar-refractivity contribution in [2.45, 2.75) is 9.79 Å². The van der Waals surface area contributed by atoms with Gasteiger partial charge in [0.15, 0.2) is 0 Å². The highest BCUT2D eigenvalue weighted by atomic mass is 32.2. The molecule has 2 rings (SSSR count). The van der Waals surface area contributed by atoms with Gasteiger partial charge in [-0.05, 0) is 48.7 Å². The molecule has 0 heterocycles. The molecule has 0 bridgehead atoms. The zero-order chi connectivity index (χ0) is 15.5. The van der Waals surface area contributed by atoms with E-state index in [1.165, 1.54) is 24.3 Å². The van der Waals surface area contributed by atoms with Gasteiger partial charge in [-0.25, -0.2) is 13.6 Å². The number of carbonyl (C=O) groups excluding carboxylic acids is 1. The average molecular weight is 322 g/mol. The highest BCUT2D eigenvalue weighted by Gasteiger charge is 2.10. The number of carbonyl (C=O) groups is 1. The lowest BCUT2D eigenvalue weighted by Gasteiger charge is -2.07. The van der Waals surface area contributed by atoms with Gasteiger partial charge in [0, 0.05) is 16.1 Å². The van der Waals surface area contributed by atoms with Crippen LogP contribution in [-0.2, 0) is 10.0 Å². The Morgan fingerprint density at radius 1 is 1.14 bits per heavy atom. The second-order valence-electron chi connectivity index (χ2n) is 4.26. The molecule has 3 N–H and O–H groups in total. The van der Waals surface area contributed by atoms with E-state index in [-0.39, 0.29) is 10.8 Å². The molecule has 0 saturated heterocycles. The van der Waals surface area contributed by atoms with Crippen LogP contribution < -0.4 is 10.5 Å². The molecule has 0 aliphatic carbocycles. The molecule has 0 aliphatic rings. The van der Waals surface area contributed by atoms with Gasteiger partial charge in [-0.1, -0.05) is 6.07 Å². The maximum Gasteiger partial charge on any atom is 0.255 e. The molecule has 110 valence electrons. The van der Waals surface area contributed by atoms with Crippen molar-refractivity contribution in [3.63, 3.8) is 0 Å². The first kappa shape index (κ1) is 15.6. The van der Waals surface area contributed by atoms with Crippen molar-refractivity contribution in [3.8, 4) is 0 Å². The Labute approximate surface area is 127 Å². The lowest BCUT2D eigenvalue weighted by atomic mass is 10.2. The van der Waals surface area contributed by atoms with Gasteiger partial charge in [0.05, 0.1) is 4.90 Å². The number of primary sulfonamides is 1. The molecule has 2 aromatic rings. The smallest absolute Gasteiger partial charge is 0.255 e. The van der Waals surface area contributed by atoms with E-state index in [2.05, 4.69) is 5.32 Å². The Morgan fingerprint density at radius 3 is 2.38 bits per heavy atom. The zero-order valence-electron chi connectivity index (χ0n) is 11.2. The molecule has 0 fully saturated rings. The minimum atomic E-state index is -3.75. The van der Waals surface area contributed by atoms with Crippen LogP contribution in [0.4, 0.5) is 5.69 Å². The second-order valence-corrected chi connectivity index (χ2v) is 6.70. The summed E-state index contributed by atoms with van der Waals surface area (Å²) in [5.74, 6) is -0.311. The lowest BCUT2D eigenvalue weighted by molar-refractivity contribution is 0.102. The number of benzene rings is 2. The summed E-state index contributed by atoms with van der Waals surface area (Å²) in [5, 5.41) is 7.77. The molecule has 0 radical (unpaired) electrons. The maximum absolute atomic E-state index is 12.1. The molecule has 0 saturated carbocycles. The van der Waals surface area contributed by atoms with Gasteiger partial charge < -0.3 is 5.32 Å². The predicted molar refractivity (Wildman–Crippen MR) is 84.0 cm³/mol. The van der Waals surface area contributed by atoms with Crippen LogP contribution in [0.15, 0.2) is 58.3 Å². The number of thioether (sulfide) groups is 1. The van der Waals surface area contributed by atoms with E-state index in [1.54, 1.807) is 17.8 Å². The summed E-state index contributed by atoms with van der Waals surface area (Å²) in [7, 11) is -3.75. The largest absolute Gasteiger partial charge is 0.322 e. The Balaban J connectivity index is 2.16. The van der Waals surface area contributed by atoms with E-state index < -0.39 is 10.0 Å². The molecule has 5 nitrogen and oxygen atoms in total. The SMILES string of the molecule is CSc1cccc(NC(=O)c2ccc(S(N)(=O)=O)cc2)c1. The predicted octanol–water partition coefficient (Wildman–Crippen LogP) is 2.31. The molecule has 0 atom stereocenters. The number of hydrogen-bond donors (Lipinski definition) is 2. The number of hydrogen-bond acceptors (Lipinski definition) is 4. The minimum absolute atomic E-state index is 0.0246. The van der Waals surface area contributed by atoms with Crippen LogP contribution in [0.2, 0.25) is 0 Å². The Bertz CT molecular complexity index is 756. The fourth-order valence-corrected chi connectivity index (χ4v) is 2.67. The molecule has 1 amide bonds. The summed E-state index contributed by atoms with van der Waals surface area (Å²) < 4.78 is 22.3. The Hall–Kier alpha value is -1.83. The van der Waals surface area contributed by atoms with E-state index >= 15 is 0 Å². The summed E-state index contributed by atoms with van der Waals surface area (Å²) in [6.45, 7) is 0. The highest BCUT2D eigenvalue weighted by molar-refractivity contribution is 7.98. The van der Waals surface area contributed by atoms with Gasteiger partial charge in [-0.3, -0.25) is 4.79 Å². The van der Waals surface area contributed by atoms with Crippen molar-refractivity contribution in [2.24, 2.45) is 5.14 Å². The van der Waals surface area contributed by atoms with Gasteiger partial charge in [0.2, 0.25) is 10.0 Å². The third kappa shape index (κ3) is 4.07. The number of amides is 1. The molecular weight excluding hydrogens is 308 g/mol. The number of rotatable bonds is 4. The minimum Gasteiger partial charge on any atom is -0.322 e. The van der Waals surface area contributed by atoms with E-state index in [4.69, 9.17) is 5.14 Å². The molecule has 7 heteroatoms. The fraction of sp³-hybridized carbons (Fsp3) is 0.0714. The van der Waals surface area contributed by atoms with E-state index in [1.807, 2.05) is 24.5 Å². The van der Waals surface area contributed by atoms with Crippen LogP contribution in [0.1, 0.15) is 10.4 Å². The van der Waals surface area contributed by atoms with Crippen molar-refractivity contribution in [3.05, 3.63) is 54.1 Å². The van der Waals surface area contributed by atoms with Crippen molar-refractivity contribution >= 4 is 33.4 Å². The second kappa shape index (κ2) is 6.30. The van der Waals surface area contributed by atoms with Crippen LogP contribution in [0.25, 0.3) is 0 Å². The number of anilines is 1. The van der Waals surface area contributed by atoms with Gasteiger partial charge in [0.25, 0.3) is 5.91 Å². The van der Waals surface area contributed by atoms with Gasteiger partial charge in [-0.2, -0.15) is 0 Å². The molecule has 2 aromatic carbocycles. The fourth-order valence-electron chi connectivity index (χ4n) is 1.70. The molecule has 0 aliphatic heterocycles. The first-order valence-electron chi connectivity index (χ1n) is 5.98. The zero-order valence-corrected chi connectivity index (χ0v) is 12.9. The van der Waals surface area contributed by atoms with Gasteiger partial charge in [-0.15, -0.1) is 11.8 Å². The van der Waals surface area contributed by atoms with Crippen molar-refractivity contribution in [1.29, 1.82) is 0 Å². The normalized spacial score (nSPS) is 11.1. The number of nitrogens with one attached hydrogen (secondary N) is 1. The third-order valence-electron chi connectivity index (χ3n) is 2.77. The topological polar surface area (TPSA) is 89.3 Å². The van der Waals surface area contributed by atoms with Crippen LogP contribution in [0.3, 0.4) is 0 Å². The quantitative estimate of drug-likeness (QED) is 0.845. The third-order valence-corrected chi connectivity index (χ3v) is 4.43. The first-order chi connectivity index (χ1) is 9.90. The monoisotopic (exact) mass is 322 g/mol. The Morgan fingerprint density at radius 2 is 1.81 bits per heavy atom. The van der Waals surface area contributed by atoms with Crippen LogP contribution in [-0.4, -0.2) is 20.6 Å². The molecular formula is C14H14N2O3S2. The molecule has 0 spiro atoms. The van der Waals surface area contributed by atoms with Gasteiger partial charge >= 0.3 is 0 Å². The van der Waals surface area contributed by atoms with E-state index in [9.17, 15) is 13.2 Å². The van der Waals surface area contributed by atoms with Crippen LogP contribution in [0, 0.1) is 0 Å².